The van der Waals surface area contributed by atoms with Crippen LogP contribution in [0.15, 0.2) is 109 Å². The van der Waals surface area contributed by atoms with Crippen LogP contribution in [-0.4, -0.2) is 46.9 Å². The predicted molar refractivity (Wildman–Crippen MR) is 263 cm³/mol. The van der Waals surface area contributed by atoms with E-state index >= 15 is 0 Å². The van der Waals surface area contributed by atoms with Gasteiger partial charge in [-0.2, -0.15) is 0 Å². The number of aliphatic hydroxyl groups is 2. The largest absolute Gasteiger partial charge is 0.461 e. The average molecular weight is 846 g/mol. The molecule has 346 valence electrons. The van der Waals surface area contributed by atoms with Crippen LogP contribution in [0.3, 0.4) is 0 Å². The van der Waals surface area contributed by atoms with Gasteiger partial charge in [-0.05, 0) is 44.9 Å². The maximum atomic E-state index is 13.1. The normalized spacial score (nSPS) is 14.2. The Kier molecular flexibility index (Phi) is 44.9. The number of ether oxygens (including phenoxy) is 1. The van der Waals surface area contributed by atoms with Gasteiger partial charge in [0.1, 0.15) is 6.10 Å². The minimum absolute atomic E-state index is 0.0348. The second kappa shape index (κ2) is 47.6. The molecule has 0 rings (SSSR count). The molecule has 0 radical (unpaired) electrons. The van der Waals surface area contributed by atoms with Crippen LogP contribution in [0.1, 0.15) is 201 Å². The van der Waals surface area contributed by atoms with E-state index in [1.807, 2.05) is 54.7 Å². The molecule has 0 heterocycles. The summed E-state index contributed by atoms with van der Waals surface area (Å²) in [5.74, 6) is -0.645. The van der Waals surface area contributed by atoms with Crippen molar-refractivity contribution in [1.82, 2.24) is 5.32 Å². The molecule has 0 aromatic rings. The monoisotopic (exact) mass is 846 g/mol. The fourth-order valence-corrected chi connectivity index (χ4v) is 6.82. The van der Waals surface area contributed by atoms with Gasteiger partial charge in [-0.15, -0.1) is 0 Å². The molecule has 6 nitrogen and oxygen atoms in total. The number of nitrogens with one attached hydrogen (secondary N) is 1. The first-order valence-corrected chi connectivity index (χ1v) is 24.7. The second-order valence-electron chi connectivity index (χ2n) is 16.4. The number of hydrogen-bond acceptors (Lipinski definition) is 5. The van der Waals surface area contributed by atoms with Crippen LogP contribution < -0.4 is 5.32 Å². The van der Waals surface area contributed by atoms with Gasteiger partial charge in [-0.1, -0.05) is 246 Å². The quantitative estimate of drug-likeness (QED) is 0.0323. The summed E-state index contributed by atoms with van der Waals surface area (Å²) in [6, 6.07) is -0.751. The minimum Gasteiger partial charge on any atom is -0.461 e. The Balaban J connectivity index is 4.72. The number of rotatable bonds is 42. The fraction of sp³-hybridized carbons (Fsp3) is 0.636. The number of allylic oxidation sites excluding steroid dienone is 17. The van der Waals surface area contributed by atoms with Gasteiger partial charge in [-0.25, -0.2) is 0 Å². The van der Waals surface area contributed by atoms with Crippen molar-refractivity contribution in [2.45, 2.75) is 219 Å². The van der Waals surface area contributed by atoms with Gasteiger partial charge >= 0.3 is 5.97 Å². The zero-order chi connectivity index (χ0) is 44.5. The number of carbonyl (C=O) groups excluding carboxylic acids is 2. The number of aliphatic hydroxyl groups excluding tert-OH is 2. The van der Waals surface area contributed by atoms with E-state index in [0.29, 0.717) is 19.3 Å². The lowest BCUT2D eigenvalue weighted by Gasteiger charge is -2.24. The third-order valence-corrected chi connectivity index (χ3v) is 10.6. The van der Waals surface area contributed by atoms with E-state index in [1.165, 1.54) is 83.5 Å². The second-order valence-corrected chi connectivity index (χ2v) is 16.4. The van der Waals surface area contributed by atoms with Crippen LogP contribution >= 0.6 is 0 Å². The number of hydrogen-bond donors (Lipinski definition) is 3. The van der Waals surface area contributed by atoms with Crippen LogP contribution in [0, 0.1) is 0 Å². The highest BCUT2D eigenvalue weighted by Crippen LogP contribution is 2.16. The molecule has 6 heteroatoms. The maximum Gasteiger partial charge on any atom is 0.306 e. The zero-order valence-corrected chi connectivity index (χ0v) is 39.2. The van der Waals surface area contributed by atoms with Crippen molar-refractivity contribution >= 4 is 11.9 Å². The van der Waals surface area contributed by atoms with Crippen LogP contribution in [0.5, 0.6) is 0 Å². The Labute approximate surface area is 375 Å². The van der Waals surface area contributed by atoms with Gasteiger partial charge in [0.2, 0.25) is 5.91 Å². The molecular formula is C55H91NO5. The van der Waals surface area contributed by atoms with E-state index in [-0.39, 0.29) is 24.9 Å². The van der Waals surface area contributed by atoms with Gasteiger partial charge in [-0.3, -0.25) is 9.59 Å². The average Bonchev–Trinajstić information content (AvgIpc) is 3.25. The predicted octanol–water partition coefficient (Wildman–Crippen LogP) is 14.7. The third kappa shape index (κ3) is 43.0. The van der Waals surface area contributed by atoms with Crippen LogP contribution in [0.4, 0.5) is 0 Å². The highest BCUT2D eigenvalue weighted by atomic mass is 16.5. The van der Waals surface area contributed by atoms with Crippen molar-refractivity contribution < 1.29 is 24.5 Å². The Hall–Kier alpha value is -3.48. The molecule has 0 aliphatic carbocycles. The molecule has 0 spiro atoms. The van der Waals surface area contributed by atoms with Crippen molar-refractivity contribution in [1.29, 1.82) is 0 Å². The van der Waals surface area contributed by atoms with Crippen LogP contribution in [-0.2, 0) is 14.3 Å². The first-order chi connectivity index (χ1) is 30.0. The summed E-state index contributed by atoms with van der Waals surface area (Å²) in [4.78, 5) is 26.0. The Morgan fingerprint density at radius 2 is 0.918 bits per heavy atom. The number of carbonyl (C=O) groups is 2. The Bertz CT molecular complexity index is 1270. The zero-order valence-electron chi connectivity index (χ0n) is 39.2. The highest BCUT2D eigenvalue weighted by molar-refractivity contribution is 5.77. The van der Waals surface area contributed by atoms with E-state index < -0.39 is 18.2 Å². The standard InChI is InChI=1S/C55H91NO5/c1-4-7-10-13-16-19-22-24-25-26-27-28-30-33-36-39-42-45-48-55(60)61-51(46-43-40-37-34-31-21-18-15-12-9-6-3)49-54(59)56-52(50-57)53(58)47-44-41-38-35-32-29-23-20-17-14-11-8-5-2/h9,12,15-16,18-19,21-22,24-28,31,34,37,40,43,51-53,57-58H,4-8,10-11,13-14,17,20,23,29-30,32-33,35-36,38-39,41-42,44-50H2,1-3H3,(H,56,59)/b12-9+,18-15+,19-16+,24-22+,26-25+,28-27+,31-21-,37-34-,43-40+. The topological polar surface area (TPSA) is 95.9 Å². The first-order valence-electron chi connectivity index (χ1n) is 24.7. The van der Waals surface area contributed by atoms with E-state index in [0.717, 1.165) is 70.6 Å². The molecule has 3 unspecified atom stereocenters. The van der Waals surface area contributed by atoms with Crippen LogP contribution in [0.2, 0.25) is 0 Å². The maximum absolute atomic E-state index is 13.1. The third-order valence-electron chi connectivity index (χ3n) is 10.6. The van der Waals surface area contributed by atoms with Gasteiger partial charge in [0, 0.05) is 12.8 Å². The summed E-state index contributed by atoms with van der Waals surface area (Å²) >= 11 is 0. The molecule has 0 aliphatic heterocycles. The molecule has 3 atom stereocenters. The van der Waals surface area contributed by atoms with Crippen molar-refractivity contribution in [3.8, 4) is 0 Å². The van der Waals surface area contributed by atoms with Crippen molar-refractivity contribution in [2.75, 3.05) is 6.61 Å². The van der Waals surface area contributed by atoms with E-state index in [2.05, 4.69) is 80.8 Å². The lowest BCUT2D eigenvalue weighted by Crippen LogP contribution is -2.46. The lowest BCUT2D eigenvalue weighted by molar-refractivity contribution is -0.150. The van der Waals surface area contributed by atoms with E-state index in [4.69, 9.17) is 4.74 Å². The van der Waals surface area contributed by atoms with Gasteiger partial charge in [0.25, 0.3) is 0 Å². The summed E-state index contributed by atoms with van der Waals surface area (Å²) in [6.07, 6.45) is 64.5. The molecule has 0 fully saturated rings. The van der Waals surface area contributed by atoms with Crippen molar-refractivity contribution in [2.24, 2.45) is 0 Å². The molecule has 0 aliphatic rings. The summed E-state index contributed by atoms with van der Waals surface area (Å²) in [5, 5.41) is 23.6. The van der Waals surface area contributed by atoms with Crippen molar-refractivity contribution in [3.05, 3.63) is 109 Å². The number of amides is 1. The van der Waals surface area contributed by atoms with E-state index in [1.54, 1.807) is 0 Å². The first kappa shape index (κ1) is 57.5. The molecule has 61 heavy (non-hydrogen) atoms. The SMILES string of the molecule is CC/C=C/C=C/C=C\C=C/C=C/CC(CC(=O)NC(CO)C(O)CCCCCCCCCCCCCCC)OC(=O)CCCCCCC/C=C/C=C/C=C/C=C/CCCCC. The summed E-state index contributed by atoms with van der Waals surface area (Å²) in [6.45, 7) is 6.24. The molecule has 0 saturated carbocycles. The minimum atomic E-state index is -0.828. The van der Waals surface area contributed by atoms with Crippen molar-refractivity contribution in [3.63, 3.8) is 0 Å². The smallest absolute Gasteiger partial charge is 0.306 e. The molecule has 0 aromatic carbocycles. The van der Waals surface area contributed by atoms with Gasteiger partial charge in [0.15, 0.2) is 0 Å². The summed E-state index contributed by atoms with van der Waals surface area (Å²) in [5.41, 5.74) is 0. The van der Waals surface area contributed by atoms with Crippen LogP contribution in [0.25, 0.3) is 0 Å². The fourth-order valence-electron chi connectivity index (χ4n) is 6.82. The molecule has 3 N–H and O–H groups in total. The Morgan fingerprint density at radius 1 is 0.508 bits per heavy atom. The molecular weight excluding hydrogens is 755 g/mol. The van der Waals surface area contributed by atoms with Gasteiger partial charge < -0.3 is 20.3 Å². The van der Waals surface area contributed by atoms with E-state index in [9.17, 15) is 19.8 Å². The summed E-state index contributed by atoms with van der Waals surface area (Å²) in [7, 11) is 0. The Morgan fingerprint density at radius 3 is 1.43 bits per heavy atom. The lowest BCUT2D eigenvalue weighted by atomic mass is 10.0. The van der Waals surface area contributed by atoms with Gasteiger partial charge in [0.05, 0.1) is 25.2 Å². The number of unbranched alkanes of at least 4 members (excludes halogenated alkanes) is 20. The molecule has 1 amide bonds. The molecule has 0 aromatic heterocycles. The molecule has 0 bridgehead atoms. The highest BCUT2D eigenvalue weighted by Gasteiger charge is 2.23. The molecule has 0 saturated heterocycles. The summed E-state index contributed by atoms with van der Waals surface area (Å²) < 4.78 is 5.82. The number of esters is 1.